The maximum absolute atomic E-state index is 14.9. The Balaban J connectivity index is 1.71. The van der Waals surface area contributed by atoms with E-state index in [2.05, 4.69) is 11.9 Å². The van der Waals surface area contributed by atoms with Gasteiger partial charge in [-0.25, -0.2) is 4.39 Å². The van der Waals surface area contributed by atoms with Gasteiger partial charge in [-0.15, -0.1) is 0 Å². The van der Waals surface area contributed by atoms with Crippen molar-refractivity contribution in [1.82, 2.24) is 5.32 Å². The molecular weight excluding hydrogens is 381 g/mol. The van der Waals surface area contributed by atoms with Gasteiger partial charge < -0.3 is 14.8 Å². The highest BCUT2D eigenvalue weighted by molar-refractivity contribution is 5.95. The minimum atomic E-state index is -0.563. The molecule has 1 saturated carbocycles. The van der Waals surface area contributed by atoms with Gasteiger partial charge in [0.15, 0.2) is 11.6 Å². The standard InChI is InChI=1S/C25H30FNO3/c1-17(2)22-13-20(25(28)27-15-18-7-5-4-6-8-18)14-23(26)24(22)30-16-19-9-11-21(29-3)12-10-19/h9-14,18H,1,4-8,15-16H2,2-3H3,(H,27,28). The lowest BCUT2D eigenvalue weighted by molar-refractivity contribution is 0.0943. The van der Waals surface area contributed by atoms with Crippen LogP contribution in [0.15, 0.2) is 43.0 Å². The molecule has 1 aliphatic carbocycles. The minimum Gasteiger partial charge on any atom is -0.497 e. The molecule has 4 nitrogen and oxygen atoms in total. The van der Waals surface area contributed by atoms with Crippen LogP contribution in [0, 0.1) is 11.7 Å². The van der Waals surface area contributed by atoms with Crippen LogP contribution < -0.4 is 14.8 Å². The summed E-state index contributed by atoms with van der Waals surface area (Å²) in [5, 5.41) is 2.96. The summed E-state index contributed by atoms with van der Waals surface area (Å²) in [7, 11) is 1.60. The van der Waals surface area contributed by atoms with Gasteiger partial charge in [0.2, 0.25) is 0 Å². The van der Waals surface area contributed by atoms with Crippen LogP contribution in [0.2, 0.25) is 0 Å². The monoisotopic (exact) mass is 411 g/mol. The molecular formula is C25H30FNO3. The van der Waals surface area contributed by atoms with E-state index in [1.807, 2.05) is 24.3 Å². The molecule has 0 heterocycles. The van der Waals surface area contributed by atoms with Crippen molar-refractivity contribution in [2.45, 2.75) is 45.6 Å². The summed E-state index contributed by atoms with van der Waals surface area (Å²) in [6, 6.07) is 10.3. The Hall–Kier alpha value is -2.82. The van der Waals surface area contributed by atoms with Crippen molar-refractivity contribution in [2.24, 2.45) is 5.92 Å². The Morgan fingerprint density at radius 3 is 2.50 bits per heavy atom. The van der Waals surface area contributed by atoms with Crippen LogP contribution in [-0.2, 0) is 6.61 Å². The molecule has 5 heteroatoms. The minimum absolute atomic E-state index is 0.113. The number of rotatable bonds is 8. The van der Waals surface area contributed by atoms with Crippen molar-refractivity contribution in [3.05, 3.63) is 65.5 Å². The van der Waals surface area contributed by atoms with Crippen LogP contribution in [-0.4, -0.2) is 19.6 Å². The first-order valence-corrected chi connectivity index (χ1v) is 10.5. The van der Waals surface area contributed by atoms with Crippen LogP contribution in [0.3, 0.4) is 0 Å². The second kappa shape index (κ2) is 10.3. The molecule has 0 aliphatic heterocycles. The fourth-order valence-corrected chi connectivity index (χ4v) is 3.80. The molecule has 2 aromatic carbocycles. The predicted molar refractivity (Wildman–Crippen MR) is 117 cm³/mol. The van der Waals surface area contributed by atoms with E-state index in [-0.39, 0.29) is 23.8 Å². The Kier molecular flexibility index (Phi) is 7.50. The molecule has 2 aromatic rings. The van der Waals surface area contributed by atoms with Gasteiger partial charge >= 0.3 is 0 Å². The molecule has 3 rings (SSSR count). The number of allylic oxidation sites excluding steroid dienone is 1. The number of ether oxygens (including phenoxy) is 2. The lowest BCUT2D eigenvalue weighted by Gasteiger charge is -2.22. The molecule has 0 atom stereocenters. The van der Waals surface area contributed by atoms with Gasteiger partial charge in [-0.1, -0.05) is 38.0 Å². The average molecular weight is 412 g/mol. The molecule has 0 bridgehead atoms. The SMILES string of the molecule is C=C(C)c1cc(C(=O)NCC2CCCCC2)cc(F)c1OCc1ccc(OC)cc1. The number of nitrogens with one attached hydrogen (secondary N) is 1. The van der Waals surface area contributed by atoms with E-state index >= 15 is 0 Å². The summed E-state index contributed by atoms with van der Waals surface area (Å²) in [5.74, 6) is 0.550. The van der Waals surface area contributed by atoms with Crippen molar-refractivity contribution >= 4 is 11.5 Å². The summed E-state index contributed by atoms with van der Waals surface area (Å²) in [6.45, 7) is 6.55. The van der Waals surface area contributed by atoms with Gasteiger partial charge in [0.05, 0.1) is 7.11 Å². The molecule has 0 spiro atoms. The van der Waals surface area contributed by atoms with Crippen LogP contribution in [0.4, 0.5) is 4.39 Å². The zero-order valence-corrected chi connectivity index (χ0v) is 17.8. The molecule has 0 radical (unpaired) electrons. The highest BCUT2D eigenvalue weighted by Gasteiger charge is 2.19. The molecule has 0 saturated heterocycles. The molecule has 1 aliphatic rings. The maximum Gasteiger partial charge on any atom is 0.251 e. The number of carbonyl (C=O) groups excluding carboxylic acids is 1. The van der Waals surface area contributed by atoms with Gasteiger partial charge in [0.1, 0.15) is 12.4 Å². The number of halogens is 1. The topological polar surface area (TPSA) is 47.6 Å². The molecule has 1 amide bonds. The molecule has 0 aromatic heterocycles. The van der Waals surface area contributed by atoms with E-state index in [1.54, 1.807) is 20.1 Å². The van der Waals surface area contributed by atoms with Crippen molar-refractivity contribution in [3.8, 4) is 11.5 Å². The Morgan fingerprint density at radius 2 is 1.87 bits per heavy atom. The van der Waals surface area contributed by atoms with Gasteiger partial charge in [-0.3, -0.25) is 4.79 Å². The van der Waals surface area contributed by atoms with E-state index in [0.717, 1.165) is 24.2 Å². The largest absolute Gasteiger partial charge is 0.497 e. The second-order valence-electron chi connectivity index (χ2n) is 7.97. The van der Waals surface area contributed by atoms with Crippen molar-refractivity contribution in [1.29, 1.82) is 0 Å². The van der Waals surface area contributed by atoms with E-state index in [4.69, 9.17) is 9.47 Å². The average Bonchev–Trinajstić information content (AvgIpc) is 2.77. The maximum atomic E-state index is 14.9. The third-order valence-corrected chi connectivity index (χ3v) is 5.58. The molecule has 30 heavy (non-hydrogen) atoms. The fourth-order valence-electron chi connectivity index (χ4n) is 3.80. The molecule has 160 valence electrons. The summed E-state index contributed by atoms with van der Waals surface area (Å²) in [4.78, 5) is 12.6. The van der Waals surface area contributed by atoms with Crippen molar-refractivity contribution in [3.63, 3.8) is 0 Å². The first kappa shape index (κ1) is 21.9. The second-order valence-corrected chi connectivity index (χ2v) is 7.97. The fraction of sp³-hybridized carbons (Fsp3) is 0.400. The number of amides is 1. The lowest BCUT2D eigenvalue weighted by atomic mass is 9.89. The van der Waals surface area contributed by atoms with E-state index in [1.165, 1.54) is 25.3 Å². The Bertz CT molecular complexity index is 886. The Morgan fingerprint density at radius 1 is 1.17 bits per heavy atom. The number of carbonyl (C=O) groups is 1. The van der Waals surface area contributed by atoms with Gasteiger partial charge in [-0.2, -0.15) is 0 Å². The van der Waals surface area contributed by atoms with Crippen LogP contribution in [0.5, 0.6) is 11.5 Å². The Labute approximate surface area is 178 Å². The summed E-state index contributed by atoms with van der Waals surface area (Å²) in [6.07, 6.45) is 5.99. The third kappa shape index (κ3) is 5.62. The summed E-state index contributed by atoms with van der Waals surface area (Å²) < 4.78 is 25.8. The number of hydrogen-bond donors (Lipinski definition) is 1. The number of hydrogen-bond acceptors (Lipinski definition) is 3. The van der Waals surface area contributed by atoms with Crippen LogP contribution >= 0.6 is 0 Å². The third-order valence-electron chi connectivity index (χ3n) is 5.58. The predicted octanol–water partition coefficient (Wildman–Crippen LogP) is 5.76. The zero-order valence-electron chi connectivity index (χ0n) is 17.8. The molecule has 1 N–H and O–H groups in total. The molecule has 0 unspecified atom stereocenters. The lowest BCUT2D eigenvalue weighted by Crippen LogP contribution is -2.30. The van der Waals surface area contributed by atoms with Crippen molar-refractivity contribution < 1.29 is 18.7 Å². The van der Waals surface area contributed by atoms with Gasteiger partial charge in [0.25, 0.3) is 5.91 Å². The van der Waals surface area contributed by atoms with Crippen LogP contribution in [0.25, 0.3) is 5.57 Å². The van der Waals surface area contributed by atoms with Gasteiger partial charge in [-0.05, 0) is 61.1 Å². The van der Waals surface area contributed by atoms with Crippen molar-refractivity contribution in [2.75, 3.05) is 13.7 Å². The smallest absolute Gasteiger partial charge is 0.251 e. The molecule has 1 fully saturated rings. The van der Waals surface area contributed by atoms with E-state index in [0.29, 0.717) is 23.6 Å². The van der Waals surface area contributed by atoms with E-state index in [9.17, 15) is 9.18 Å². The summed E-state index contributed by atoms with van der Waals surface area (Å²) >= 11 is 0. The van der Waals surface area contributed by atoms with Gasteiger partial charge in [0, 0.05) is 17.7 Å². The quantitative estimate of drug-likeness (QED) is 0.601. The normalized spacial score (nSPS) is 14.2. The number of methoxy groups -OCH3 is 1. The first-order chi connectivity index (χ1) is 14.5. The highest BCUT2D eigenvalue weighted by atomic mass is 19.1. The zero-order chi connectivity index (χ0) is 21.5. The van der Waals surface area contributed by atoms with E-state index < -0.39 is 5.82 Å². The van der Waals surface area contributed by atoms with Crippen LogP contribution in [0.1, 0.15) is 60.5 Å². The summed E-state index contributed by atoms with van der Waals surface area (Å²) in [5.41, 5.74) is 2.32. The highest BCUT2D eigenvalue weighted by Crippen LogP contribution is 2.31. The first-order valence-electron chi connectivity index (χ1n) is 10.5. The number of benzene rings is 2.